The molecule has 0 bridgehead atoms. The minimum Gasteiger partial charge on any atom is -0.481 e. The van der Waals surface area contributed by atoms with Crippen LogP contribution < -0.4 is 0 Å². The van der Waals surface area contributed by atoms with E-state index in [1.807, 2.05) is 74.5 Å². The topological polar surface area (TPSA) is 108 Å². The molecule has 0 radical (unpaired) electrons. The zero-order valence-electron chi connectivity index (χ0n) is 22.1. The van der Waals surface area contributed by atoms with Gasteiger partial charge in [-0.05, 0) is 34.8 Å². The molecule has 4 rings (SSSR count). The summed E-state index contributed by atoms with van der Waals surface area (Å²) in [6, 6.07) is 25.1. The van der Waals surface area contributed by atoms with Crippen LogP contribution in [0.25, 0.3) is 33.5 Å². The monoisotopic (exact) mass is 557 g/mol. The van der Waals surface area contributed by atoms with E-state index in [-0.39, 0.29) is 5.92 Å². The second kappa shape index (κ2) is 12.4. The third kappa shape index (κ3) is 6.91. The van der Waals surface area contributed by atoms with Crippen molar-refractivity contribution in [3.63, 3.8) is 0 Å². The molecule has 0 spiro atoms. The van der Waals surface area contributed by atoms with Gasteiger partial charge in [0, 0.05) is 16.7 Å². The molecule has 0 aliphatic heterocycles. The standard InChI is InChI=1S/C32H29FNO5P/c1-21(2)31-27(17-18-40(38,39)20-26(35)19-28(36)37)29(23-13-15-25(33)16-14-23)30(22-9-5-3-6-10-22)32(34-31)24-11-7-4-8-12-24/h3-16,21,26,35H,19-20H2,1-2H3,(H,36,37)(H,38,39). The number of aromatic nitrogens is 1. The van der Waals surface area contributed by atoms with Crippen molar-refractivity contribution >= 4 is 13.3 Å². The maximum Gasteiger partial charge on any atom is 0.305 e. The number of aliphatic hydroxyl groups excluding tert-OH is 1. The van der Waals surface area contributed by atoms with Crippen molar-refractivity contribution in [1.82, 2.24) is 4.98 Å². The van der Waals surface area contributed by atoms with Crippen LogP contribution in [0.5, 0.6) is 0 Å². The molecule has 204 valence electrons. The first kappa shape index (κ1) is 28.9. The molecule has 4 aromatic rings. The Morgan fingerprint density at radius 1 is 0.900 bits per heavy atom. The summed E-state index contributed by atoms with van der Waals surface area (Å²) >= 11 is 0. The number of carboxylic acid groups (broad SMARTS) is 1. The summed E-state index contributed by atoms with van der Waals surface area (Å²) < 4.78 is 27.0. The quantitative estimate of drug-likeness (QED) is 0.163. The van der Waals surface area contributed by atoms with Gasteiger partial charge in [0.1, 0.15) is 5.82 Å². The third-order valence-corrected chi connectivity index (χ3v) is 7.62. The second-order valence-corrected chi connectivity index (χ2v) is 11.7. The van der Waals surface area contributed by atoms with Crippen molar-refractivity contribution in [3.8, 4) is 45.1 Å². The zero-order valence-corrected chi connectivity index (χ0v) is 23.0. The van der Waals surface area contributed by atoms with E-state index in [2.05, 4.69) is 11.6 Å². The molecule has 0 saturated carbocycles. The number of nitrogens with zero attached hydrogens (tertiary/aromatic N) is 1. The maximum absolute atomic E-state index is 14.0. The third-order valence-electron chi connectivity index (χ3n) is 6.24. The van der Waals surface area contributed by atoms with Crippen molar-refractivity contribution in [2.75, 3.05) is 6.16 Å². The first-order valence-corrected chi connectivity index (χ1v) is 14.6. The number of hydrogen-bond donors (Lipinski definition) is 3. The smallest absolute Gasteiger partial charge is 0.305 e. The van der Waals surface area contributed by atoms with E-state index in [1.54, 1.807) is 12.1 Å². The van der Waals surface area contributed by atoms with Crippen LogP contribution in [0.1, 0.15) is 37.4 Å². The van der Waals surface area contributed by atoms with Crippen LogP contribution in [0.2, 0.25) is 0 Å². The van der Waals surface area contributed by atoms with E-state index < -0.39 is 37.8 Å². The summed E-state index contributed by atoms with van der Waals surface area (Å²) in [6.07, 6.45) is -2.88. The number of aliphatic carboxylic acids is 1. The molecule has 2 unspecified atom stereocenters. The fraction of sp³-hybridized carbons (Fsp3) is 0.188. The minimum atomic E-state index is -4.26. The lowest BCUT2D eigenvalue weighted by molar-refractivity contribution is -0.138. The summed E-state index contributed by atoms with van der Waals surface area (Å²) in [5.74, 6) is 1.05. The Labute approximate surface area is 232 Å². The summed E-state index contributed by atoms with van der Waals surface area (Å²) in [4.78, 5) is 26.6. The van der Waals surface area contributed by atoms with E-state index in [1.165, 1.54) is 12.1 Å². The summed E-state index contributed by atoms with van der Waals surface area (Å²) in [6.45, 7) is 3.88. The Hall–Kier alpha value is -4.08. The molecule has 1 aromatic heterocycles. The van der Waals surface area contributed by atoms with Crippen molar-refractivity contribution < 1.29 is 28.9 Å². The van der Waals surface area contributed by atoms with Crippen molar-refractivity contribution in [3.05, 3.63) is 102 Å². The molecule has 8 heteroatoms. The van der Waals surface area contributed by atoms with Crippen LogP contribution in [0, 0.1) is 17.4 Å². The molecule has 3 aromatic carbocycles. The van der Waals surface area contributed by atoms with E-state index in [9.17, 15) is 23.7 Å². The van der Waals surface area contributed by atoms with Crippen LogP contribution in [0.15, 0.2) is 84.9 Å². The zero-order chi connectivity index (χ0) is 28.9. The van der Waals surface area contributed by atoms with Gasteiger partial charge in [0.25, 0.3) is 7.37 Å². The molecular weight excluding hydrogens is 528 g/mol. The van der Waals surface area contributed by atoms with Gasteiger partial charge in [-0.2, -0.15) is 0 Å². The number of carboxylic acids is 1. The largest absolute Gasteiger partial charge is 0.481 e. The highest BCUT2D eigenvalue weighted by Gasteiger charge is 2.26. The molecule has 0 fully saturated rings. The molecule has 0 aliphatic rings. The number of benzene rings is 3. The normalized spacial score (nSPS) is 13.2. The summed E-state index contributed by atoms with van der Waals surface area (Å²) in [5, 5.41) is 18.9. The Bertz CT molecular complexity index is 1610. The van der Waals surface area contributed by atoms with Crippen LogP contribution in [-0.2, 0) is 9.36 Å². The van der Waals surface area contributed by atoms with Crippen LogP contribution >= 0.6 is 7.37 Å². The number of pyridine rings is 1. The van der Waals surface area contributed by atoms with Gasteiger partial charge in [0.2, 0.25) is 0 Å². The van der Waals surface area contributed by atoms with Crippen LogP contribution in [0.4, 0.5) is 4.39 Å². The van der Waals surface area contributed by atoms with E-state index >= 15 is 0 Å². The van der Waals surface area contributed by atoms with Crippen molar-refractivity contribution in [2.24, 2.45) is 0 Å². The van der Waals surface area contributed by atoms with Gasteiger partial charge in [-0.1, -0.05) is 92.6 Å². The predicted molar refractivity (Wildman–Crippen MR) is 154 cm³/mol. The molecule has 40 heavy (non-hydrogen) atoms. The van der Waals surface area contributed by atoms with Crippen molar-refractivity contribution in [1.29, 1.82) is 0 Å². The number of halogens is 1. The highest BCUT2D eigenvalue weighted by molar-refractivity contribution is 7.63. The van der Waals surface area contributed by atoms with Gasteiger partial charge in [-0.25, -0.2) is 4.39 Å². The fourth-order valence-electron chi connectivity index (χ4n) is 4.48. The summed E-state index contributed by atoms with van der Waals surface area (Å²) in [7, 11) is -4.26. The first-order valence-electron chi connectivity index (χ1n) is 12.8. The number of carbonyl (C=O) groups is 1. The molecule has 2 atom stereocenters. The number of hydrogen-bond acceptors (Lipinski definition) is 4. The SMILES string of the molecule is CC(C)c1nc(-c2ccccc2)c(-c2ccccc2)c(-c2ccc(F)cc2)c1C#CP(=O)(O)CC(O)CC(=O)O. The molecule has 6 nitrogen and oxygen atoms in total. The lowest BCUT2D eigenvalue weighted by atomic mass is 9.85. The first-order chi connectivity index (χ1) is 19.1. The van der Waals surface area contributed by atoms with Gasteiger partial charge < -0.3 is 15.1 Å². The van der Waals surface area contributed by atoms with Gasteiger partial charge in [0.15, 0.2) is 0 Å². The molecule has 0 saturated heterocycles. The molecule has 1 heterocycles. The van der Waals surface area contributed by atoms with E-state index in [4.69, 9.17) is 10.1 Å². The number of rotatable bonds is 8. The average molecular weight is 558 g/mol. The number of aliphatic hydroxyl groups is 1. The van der Waals surface area contributed by atoms with Crippen LogP contribution in [0.3, 0.4) is 0 Å². The molecule has 0 aliphatic carbocycles. The van der Waals surface area contributed by atoms with Crippen molar-refractivity contribution in [2.45, 2.75) is 32.3 Å². The second-order valence-electron chi connectivity index (χ2n) is 9.74. The average Bonchev–Trinajstić information content (AvgIpc) is 2.91. The lowest BCUT2D eigenvalue weighted by Gasteiger charge is -2.22. The maximum atomic E-state index is 14.0. The Kier molecular flexibility index (Phi) is 8.96. The Morgan fingerprint density at radius 2 is 1.45 bits per heavy atom. The van der Waals surface area contributed by atoms with Gasteiger partial charge in [0.05, 0.1) is 35.6 Å². The van der Waals surface area contributed by atoms with E-state index in [0.717, 1.165) is 16.7 Å². The predicted octanol–water partition coefficient (Wildman–Crippen LogP) is 6.76. The van der Waals surface area contributed by atoms with Gasteiger partial charge >= 0.3 is 5.97 Å². The molecule has 0 amide bonds. The minimum absolute atomic E-state index is 0.147. The Balaban J connectivity index is 2.07. The summed E-state index contributed by atoms with van der Waals surface area (Å²) in [5.41, 5.74) is 7.78. The fourth-order valence-corrected chi connectivity index (χ4v) is 5.56. The van der Waals surface area contributed by atoms with Crippen LogP contribution in [-0.4, -0.2) is 38.3 Å². The highest BCUT2D eigenvalue weighted by atomic mass is 31.2. The van der Waals surface area contributed by atoms with Gasteiger partial charge in [-0.15, -0.1) is 0 Å². The molecule has 3 N–H and O–H groups in total. The highest BCUT2D eigenvalue weighted by Crippen LogP contribution is 2.45. The molecular formula is C32H29FNO5P. The lowest BCUT2D eigenvalue weighted by Crippen LogP contribution is -2.17. The Morgan fingerprint density at radius 3 is 2.00 bits per heavy atom. The van der Waals surface area contributed by atoms with E-state index in [0.29, 0.717) is 28.1 Å². The van der Waals surface area contributed by atoms with Gasteiger partial charge in [-0.3, -0.25) is 14.3 Å².